The highest BCUT2D eigenvalue weighted by Gasteiger charge is 2.36. The first-order chi connectivity index (χ1) is 8.72. The molecule has 0 N–H and O–H groups in total. The Hall–Kier alpha value is -1.12. The number of rotatable bonds is 3. The van der Waals surface area contributed by atoms with Gasteiger partial charge in [-0.2, -0.15) is 5.26 Å². The second-order valence-electron chi connectivity index (χ2n) is 5.19. The Morgan fingerprint density at radius 2 is 2.11 bits per heavy atom. The van der Waals surface area contributed by atoms with Gasteiger partial charge in [0.2, 0.25) is 5.91 Å². The van der Waals surface area contributed by atoms with Crippen molar-refractivity contribution in [2.45, 2.75) is 13.3 Å². The molecule has 0 aromatic carbocycles. The van der Waals surface area contributed by atoms with Crippen molar-refractivity contribution in [2.24, 2.45) is 11.8 Å². The molecular weight excluding hydrogens is 230 g/mol. The SMILES string of the molecule is C[C@@H]1CN(CCC#N)C[C@H]1C(=O)N1CCOCC1. The Bertz CT molecular complexity index is 334. The molecule has 0 unspecified atom stereocenters. The predicted molar refractivity (Wildman–Crippen MR) is 66.7 cm³/mol. The van der Waals surface area contributed by atoms with E-state index in [4.69, 9.17) is 10.00 Å². The summed E-state index contributed by atoms with van der Waals surface area (Å²) in [6.07, 6.45) is 0.547. The van der Waals surface area contributed by atoms with Crippen LogP contribution in [0, 0.1) is 23.2 Å². The largest absolute Gasteiger partial charge is 0.378 e. The predicted octanol–water partition coefficient (Wildman–Crippen LogP) is 0.327. The molecule has 2 atom stereocenters. The van der Waals surface area contributed by atoms with Crippen LogP contribution in [0.3, 0.4) is 0 Å². The molecule has 0 bridgehead atoms. The normalized spacial score (nSPS) is 29.2. The van der Waals surface area contributed by atoms with Crippen LogP contribution in [0.1, 0.15) is 13.3 Å². The second-order valence-corrected chi connectivity index (χ2v) is 5.19. The summed E-state index contributed by atoms with van der Waals surface area (Å²) in [5.41, 5.74) is 0. The third kappa shape index (κ3) is 3.01. The highest BCUT2D eigenvalue weighted by atomic mass is 16.5. The van der Waals surface area contributed by atoms with E-state index in [0.717, 1.165) is 32.7 Å². The van der Waals surface area contributed by atoms with E-state index < -0.39 is 0 Å². The van der Waals surface area contributed by atoms with E-state index in [1.165, 1.54) is 0 Å². The number of amides is 1. The van der Waals surface area contributed by atoms with Crippen molar-refractivity contribution in [3.05, 3.63) is 0 Å². The maximum atomic E-state index is 12.4. The third-order valence-corrected chi connectivity index (χ3v) is 3.87. The lowest BCUT2D eigenvalue weighted by atomic mass is 9.96. The zero-order chi connectivity index (χ0) is 13.0. The van der Waals surface area contributed by atoms with Crippen LogP contribution in [-0.2, 0) is 9.53 Å². The van der Waals surface area contributed by atoms with E-state index in [-0.39, 0.29) is 11.8 Å². The molecule has 2 aliphatic heterocycles. The zero-order valence-electron chi connectivity index (χ0n) is 11.0. The summed E-state index contributed by atoms with van der Waals surface area (Å²) in [5, 5.41) is 8.61. The van der Waals surface area contributed by atoms with Crippen LogP contribution in [0.15, 0.2) is 0 Å². The maximum absolute atomic E-state index is 12.4. The van der Waals surface area contributed by atoms with Crippen LogP contribution in [0.4, 0.5) is 0 Å². The quantitative estimate of drug-likeness (QED) is 0.725. The Labute approximate surface area is 108 Å². The molecule has 18 heavy (non-hydrogen) atoms. The average Bonchev–Trinajstić information content (AvgIpc) is 2.78. The van der Waals surface area contributed by atoms with Gasteiger partial charge in [-0.25, -0.2) is 0 Å². The fraction of sp³-hybridized carbons (Fsp3) is 0.846. The number of morpholine rings is 1. The number of carbonyl (C=O) groups is 1. The fourth-order valence-corrected chi connectivity index (χ4v) is 2.80. The molecule has 0 aromatic rings. The van der Waals surface area contributed by atoms with Crippen molar-refractivity contribution in [1.29, 1.82) is 5.26 Å². The second kappa shape index (κ2) is 6.17. The Kier molecular flexibility index (Phi) is 4.56. The maximum Gasteiger partial charge on any atom is 0.227 e. The lowest BCUT2D eigenvalue weighted by molar-refractivity contribution is -0.140. The molecule has 2 fully saturated rings. The first-order valence-corrected chi connectivity index (χ1v) is 6.68. The molecule has 2 aliphatic rings. The molecule has 100 valence electrons. The number of nitriles is 1. The van der Waals surface area contributed by atoms with Crippen LogP contribution in [0.2, 0.25) is 0 Å². The lowest BCUT2D eigenvalue weighted by Gasteiger charge is -2.30. The summed E-state index contributed by atoms with van der Waals surface area (Å²) in [6, 6.07) is 2.16. The molecule has 1 amide bonds. The van der Waals surface area contributed by atoms with E-state index in [0.29, 0.717) is 25.6 Å². The van der Waals surface area contributed by atoms with E-state index in [1.54, 1.807) is 0 Å². The Morgan fingerprint density at radius 1 is 1.39 bits per heavy atom. The molecule has 0 spiro atoms. The van der Waals surface area contributed by atoms with Gasteiger partial charge >= 0.3 is 0 Å². The van der Waals surface area contributed by atoms with E-state index in [9.17, 15) is 4.79 Å². The van der Waals surface area contributed by atoms with Crippen LogP contribution in [0.25, 0.3) is 0 Å². The number of ether oxygens (including phenoxy) is 1. The van der Waals surface area contributed by atoms with Gasteiger partial charge in [0.1, 0.15) is 0 Å². The summed E-state index contributed by atoms with van der Waals surface area (Å²) >= 11 is 0. The average molecular weight is 251 g/mol. The van der Waals surface area contributed by atoms with Crippen molar-refractivity contribution < 1.29 is 9.53 Å². The van der Waals surface area contributed by atoms with E-state index in [1.807, 2.05) is 4.90 Å². The lowest BCUT2D eigenvalue weighted by Crippen LogP contribution is -2.45. The molecule has 0 aliphatic carbocycles. The van der Waals surface area contributed by atoms with Gasteiger partial charge in [0.05, 0.1) is 25.2 Å². The molecule has 5 nitrogen and oxygen atoms in total. The monoisotopic (exact) mass is 251 g/mol. The van der Waals surface area contributed by atoms with Gasteiger partial charge in [0.25, 0.3) is 0 Å². The van der Waals surface area contributed by atoms with Crippen LogP contribution < -0.4 is 0 Å². The summed E-state index contributed by atoms with van der Waals surface area (Å²) in [6.45, 7) is 7.42. The Morgan fingerprint density at radius 3 is 2.78 bits per heavy atom. The number of hydrogen-bond donors (Lipinski definition) is 0. The van der Waals surface area contributed by atoms with Gasteiger partial charge in [-0.1, -0.05) is 6.92 Å². The highest BCUT2D eigenvalue weighted by molar-refractivity contribution is 5.79. The first-order valence-electron chi connectivity index (χ1n) is 6.68. The van der Waals surface area contributed by atoms with Crippen molar-refractivity contribution in [2.75, 3.05) is 45.9 Å². The fourth-order valence-electron chi connectivity index (χ4n) is 2.80. The van der Waals surface area contributed by atoms with Gasteiger partial charge in [-0.05, 0) is 5.92 Å². The summed E-state index contributed by atoms with van der Waals surface area (Å²) < 4.78 is 5.27. The van der Waals surface area contributed by atoms with E-state index >= 15 is 0 Å². The molecule has 2 heterocycles. The summed E-state index contributed by atoms with van der Waals surface area (Å²) in [7, 11) is 0. The Balaban J connectivity index is 1.88. The molecule has 2 rings (SSSR count). The zero-order valence-corrected chi connectivity index (χ0v) is 11.0. The summed E-state index contributed by atoms with van der Waals surface area (Å²) in [5.74, 6) is 0.756. The van der Waals surface area contributed by atoms with Crippen molar-refractivity contribution in [3.8, 4) is 6.07 Å². The first kappa shape index (κ1) is 13.3. The highest BCUT2D eigenvalue weighted by Crippen LogP contribution is 2.25. The van der Waals surface area contributed by atoms with Crippen LogP contribution in [-0.4, -0.2) is 61.6 Å². The smallest absolute Gasteiger partial charge is 0.227 e. The van der Waals surface area contributed by atoms with Crippen LogP contribution >= 0.6 is 0 Å². The van der Waals surface area contributed by atoms with Gasteiger partial charge in [-0.3, -0.25) is 4.79 Å². The number of carbonyl (C=O) groups excluding carboxylic acids is 1. The third-order valence-electron chi connectivity index (χ3n) is 3.87. The minimum atomic E-state index is 0.0989. The van der Waals surface area contributed by atoms with Gasteiger partial charge in [0.15, 0.2) is 0 Å². The van der Waals surface area contributed by atoms with E-state index in [2.05, 4.69) is 17.9 Å². The molecule has 0 radical (unpaired) electrons. The van der Waals surface area contributed by atoms with Crippen molar-refractivity contribution in [3.63, 3.8) is 0 Å². The van der Waals surface area contributed by atoms with Gasteiger partial charge in [0, 0.05) is 39.1 Å². The number of hydrogen-bond acceptors (Lipinski definition) is 4. The van der Waals surface area contributed by atoms with Gasteiger partial charge < -0.3 is 14.5 Å². The van der Waals surface area contributed by atoms with Gasteiger partial charge in [-0.15, -0.1) is 0 Å². The minimum absolute atomic E-state index is 0.0989. The standard InChI is InChI=1S/C13H21N3O2/c1-11-9-15(4-2-3-14)10-12(11)13(17)16-5-7-18-8-6-16/h11-12H,2,4-10H2,1H3/t11-,12-/m1/s1. The van der Waals surface area contributed by atoms with Crippen LogP contribution in [0.5, 0.6) is 0 Å². The van der Waals surface area contributed by atoms with Crippen molar-refractivity contribution >= 4 is 5.91 Å². The topological polar surface area (TPSA) is 56.6 Å². The molecule has 0 saturated carbocycles. The number of nitrogens with zero attached hydrogens (tertiary/aromatic N) is 3. The summed E-state index contributed by atoms with van der Waals surface area (Å²) in [4.78, 5) is 16.6. The molecule has 2 saturated heterocycles. The molecule has 5 heteroatoms. The minimum Gasteiger partial charge on any atom is -0.378 e. The molecule has 0 aromatic heterocycles. The molecular formula is C13H21N3O2. The van der Waals surface area contributed by atoms with Crippen molar-refractivity contribution in [1.82, 2.24) is 9.80 Å². The number of likely N-dealkylation sites (tertiary alicyclic amines) is 1.